The van der Waals surface area contributed by atoms with Crippen molar-refractivity contribution in [2.75, 3.05) is 6.54 Å². The quantitative estimate of drug-likeness (QED) is 0.663. The highest BCUT2D eigenvalue weighted by Crippen LogP contribution is 2.27. The van der Waals surface area contributed by atoms with E-state index < -0.39 is 0 Å². The number of quaternary nitrogens is 1. The number of hydrogen-bond donors (Lipinski definition) is 1. The molecule has 0 radical (unpaired) electrons. The van der Waals surface area contributed by atoms with Crippen LogP contribution in [0.4, 0.5) is 0 Å². The van der Waals surface area contributed by atoms with Crippen molar-refractivity contribution in [1.29, 1.82) is 0 Å². The van der Waals surface area contributed by atoms with Gasteiger partial charge in [-0.15, -0.1) is 11.3 Å². The number of hydrogen-bond acceptors (Lipinski definition) is 2. The van der Waals surface area contributed by atoms with Gasteiger partial charge in [0.2, 0.25) is 0 Å². The molecule has 2 aromatic heterocycles. The van der Waals surface area contributed by atoms with Crippen LogP contribution in [-0.4, -0.2) is 6.54 Å². The highest BCUT2D eigenvalue weighted by Gasteiger charge is 2.17. The third-order valence-corrected chi connectivity index (χ3v) is 4.57. The maximum absolute atomic E-state index is 5.64. The van der Waals surface area contributed by atoms with Crippen LogP contribution < -0.4 is 5.32 Å². The van der Waals surface area contributed by atoms with Crippen LogP contribution in [-0.2, 0) is 6.54 Å². The maximum Gasteiger partial charge on any atom is 0.111 e. The first kappa shape index (κ1) is 14.1. The molecule has 21 heavy (non-hydrogen) atoms. The standard InChI is InChI=1S/C18H19NOS/c1-2-6-15(7-3-1)17(18-9-4-12-20-18)10-11-19-14-16-8-5-13-21-16/h1-9,12-13,17,19H,10-11,14H2/p+1/t17-/m0/s1. The Hall–Kier alpha value is -1.84. The summed E-state index contributed by atoms with van der Waals surface area (Å²) in [4.78, 5) is 1.43. The van der Waals surface area contributed by atoms with E-state index in [1.807, 2.05) is 17.4 Å². The average Bonchev–Trinajstić information content (AvgIpc) is 3.21. The summed E-state index contributed by atoms with van der Waals surface area (Å²) in [6, 6.07) is 19.0. The fourth-order valence-electron chi connectivity index (χ4n) is 2.61. The molecule has 0 bridgehead atoms. The van der Waals surface area contributed by atoms with E-state index in [2.05, 4.69) is 59.2 Å². The predicted molar refractivity (Wildman–Crippen MR) is 86.4 cm³/mol. The first-order valence-corrected chi connectivity index (χ1v) is 8.24. The molecule has 1 aromatic carbocycles. The summed E-state index contributed by atoms with van der Waals surface area (Å²) in [6.07, 6.45) is 2.85. The summed E-state index contributed by atoms with van der Waals surface area (Å²) in [5.74, 6) is 1.41. The van der Waals surface area contributed by atoms with Crippen molar-refractivity contribution < 1.29 is 9.73 Å². The molecule has 2 heterocycles. The molecule has 3 heteroatoms. The molecule has 0 spiro atoms. The Morgan fingerprint density at radius 1 is 1.00 bits per heavy atom. The lowest BCUT2D eigenvalue weighted by molar-refractivity contribution is -0.670. The Morgan fingerprint density at radius 2 is 1.90 bits per heavy atom. The van der Waals surface area contributed by atoms with Gasteiger partial charge in [-0.05, 0) is 29.1 Å². The minimum Gasteiger partial charge on any atom is -0.469 e. The molecule has 3 rings (SSSR count). The third-order valence-electron chi connectivity index (χ3n) is 3.67. The van der Waals surface area contributed by atoms with Crippen molar-refractivity contribution in [3.63, 3.8) is 0 Å². The molecule has 0 aliphatic heterocycles. The Balaban J connectivity index is 1.61. The van der Waals surface area contributed by atoms with Gasteiger partial charge in [0.25, 0.3) is 0 Å². The minimum absolute atomic E-state index is 0.348. The van der Waals surface area contributed by atoms with Gasteiger partial charge in [0.05, 0.1) is 17.7 Å². The first-order valence-electron chi connectivity index (χ1n) is 7.36. The molecule has 0 fully saturated rings. The van der Waals surface area contributed by atoms with Gasteiger partial charge in [0, 0.05) is 12.3 Å². The molecule has 0 aliphatic carbocycles. The number of furan rings is 1. The number of nitrogens with two attached hydrogens (primary N) is 1. The second-order valence-electron chi connectivity index (χ2n) is 5.13. The third kappa shape index (κ3) is 3.84. The molecule has 108 valence electrons. The van der Waals surface area contributed by atoms with Gasteiger partial charge in [-0.2, -0.15) is 0 Å². The minimum atomic E-state index is 0.348. The van der Waals surface area contributed by atoms with E-state index in [1.54, 1.807) is 6.26 Å². The zero-order chi connectivity index (χ0) is 14.3. The normalized spacial score (nSPS) is 12.4. The Bertz CT molecular complexity index is 617. The van der Waals surface area contributed by atoms with E-state index in [4.69, 9.17) is 4.42 Å². The second-order valence-corrected chi connectivity index (χ2v) is 6.16. The van der Waals surface area contributed by atoms with Crippen LogP contribution in [0.2, 0.25) is 0 Å². The molecule has 0 saturated carbocycles. The lowest BCUT2D eigenvalue weighted by Gasteiger charge is -2.14. The molecular weight excluding hydrogens is 278 g/mol. The Kier molecular flexibility index (Phi) is 4.87. The molecule has 0 aliphatic rings. The average molecular weight is 298 g/mol. The van der Waals surface area contributed by atoms with E-state index in [1.165, 1.54) is 10.4 Å². The fraction of sp³-hybridized carbons (Fsp3) is 0.222. The summed E-state index contributed by atoms with van der Waals surface area (Å²) < 4.78 is 5.64. The zero-order valence-corrected chi connectivity index (χ0v) is 12.8. The van der Waals surface area contributed by atoms with Gasteiger partial charge in [0.1, 0.15) is 12.3 Å². The van der Waals surface area contributed by atoms with Crippen LogP contribution in [0.25, 0.3) is 0 Å². The summed E-state index contributed by atoms with van der Waals surface area (Å²) in [5, 5.41) is 4.52. The molecule has 0 amide bonds. The predicted octanol–water partition coefficient (Wildman–Crippen LogP) is 3.63. The van der Waals surface area contributed by atoms with Crippen LogP contribution in [0.15, 0.2) is 70.7 Å². The van der Waals surface area contributed by atoms with Gasteiger partial charge in [-0.3, -0.25) is 0 Å². The van der Waals surface area contributed by atoms with Crippen LogP contribution in [0.1, 0.15) is 28.5 Å². The molecule has 0 unspecified atom stereocenters. The lowest BCUT2D eigenvalue weighted by Crippen LogP contribution is -2.82. The molecule has 0 saturated heterocycles. The molecule has 1 atom stereocenters. The van der Waals surface area contributed by atoms with E-state index in [-0.39, 0.29) is 0 Å². The van der Waals surface area contributed by atoms with Gasteiger partial charge < -0.3 is 9.73 Å². The van der Waals surface area contributed by atoms with Gasteiger partial charge in [-0.1, -0.05) is 36.4 Å². The highest BCUT2D eigenvalue weighted by atomic mass is 32.1. The van der Waals surface area contributed by atoms with Crippen LogP contribution in [0.5, 0.6) is 0 Å². The van der Waals surface area contributed by atoms with E-state index in [0.29, 0.717) is 5.92 Å². The molecule has 2 N–H and O–H groups in total. The number of thiophene rings is 1. The zero-order valence-electron chi connectivity index (χ0n) is 11.9. The van der Waals surface area contributed by atoms with E-state index in [0.717, 1.165) is 25.3 Å². The largest absolute Gasteiger partial charge is 0.469 e. The Labute approximate surface area is 129 Å². The van der Waals surface area contributed by atoms with Crippen LogP contribution in [0.3, 0.4) is 0 Å². The van der Waals surface area contributed by atoms with Crippen LogP contribution in [0, 0.1) is 0 Å². The van der Waals surface area contributed by atoms with Gasteiger partial charge >= 0.3 is 0 Å². The van der Waals surface area contributed by atoms with Gasteiger partial charge in [-0.25, -0.2) is 0 Å². The lowest BCUT2D eigenvalue weighted by atomic mass is 9.93. The van der Waals surface area contributed by atoms with E-state index in [9.17, 15) is 0 Å². The van der Waals surface area contributed by atoms with Gasteiger partial charge in [0.15, 0.2) is 0 Å². The van der Waals surface area contributed by atoms with Crippen molar-refractivity contribution in [3.8, 4) is 0 Å². The fourth-order valence-corrected chi connectivity index (χ4v) is 3.31. The summed E-state index contributed by atoms with van der Waals surface area (Å²) in [5.41, 5.74) is 1.33. The Morgan fingerprint density at radius 3 is 2.62 bits per heavy atom. The molecule has 3 aromatic rings. The van der Waals surface area contributed by atoms with Crippen molar-refractivity contribution in [2.24, 2.45) is 0 Å². The monoisotopic (exact) mass is 298 g/mol. The summed E-state index contributed by atoms with van der Waals surface area (Å²) >= 11 is 1.83. The number of rotatable bonds is 7. The SMILES string of the molecule is c1ccc([C@H](CC[NH2+]Cc2cccs2)c2ccco2)cc1. The topological polar surface area (TPSA) is 29.8 Å². The van der Waals surface area contributed by atoms with E-state index >= 15 is 0 Å². The molecule has 2 nitrogen and oxygen atoms in total. The second kappa shape index (κ2) is 7.25. The number of benzene rings is 1. The highest BCUT2D eigenvalue weighted by molar-refractivity contribution is 7.09. The van der Waals surface area contributed by atoms with Crippen molar-refractivity contribution >= 4 is 11.3 Å². The van der Waals surface area contributed by atoms with Crippen molar-refractivity contribution in [1.82, 2.24) is 0 Å². The van der Waals surface area contributed by atoms with Crippen molar-refractivity contribution in [3.05, 3.63) is 82.4 Å². The first-order chi connectivity index (χ1) is 10.4. The molecular formula is C18H20NOS+. The van der Waals surface area contributed by atoms with Crippen LogP contribution >= 0.6 is 11.3 Å². The summed E-state index contributed by atoms with van der Waals surface area (Å²) in [7, 11) is 0. The maximum atomic E-state index is 5.64. The van der Waals surface area contributed by atoms with Crippen molar-refractivity contribution in [2.45, 2.75) is 18.9 Å². The smallest absolute Gasteiger partial charge is 0.111 e. The summed E-state index contributed by atoms with van der Waals surface area (Å²) in [6.45, 7) is 2.16.